The van der Waals surface area contributed by atoms with Crippen LogP contribution in [0.25, 0.3) is 0 Å². The van der Waals surface area contributed by atoms with E-state index >= 15 is 0 Å². The molecule has 0 amide bonds. The van der Waals surface area contributed by atoms with Crippen molar-refractivity contribution in [2.24, 2.45) is 0 Å². The van der Waals surface area contributed by atoms with Crippen molar-refractivity contribution in [3.8, 4) is 0 Å². The third kappa shape index (κ3) is 5.25. The Balaban J connectivity index is 0.00000338. The Hall–Kier alpha value is -2.49. The van der Waals surface area contributed by atoms with Crippen molar-refractivity contribution in [3.05, 3.63) is 79.9 Å². The van der Waals surface area contributed by atoms with Gasteiger partial charge in [-0.05, 0) is 5.56 Å². The maximum atomic E-state index is 12.2. The molecule has 8 nitrogen and oxygen atoms in total. The number of nitrogens with zero attached hydrogens (tertiary/aromatic N) is 2. The molecule has 0 fully saturated rings. The molecule has 0 spiro atoms. The van der Waals surface area contributed by atoms with Crippen LogP contribution in [0.3, 0.4) is 0 Å². The van der Waals surface area contributed by atoms with Crippen LogP contribution in [0.1, 0.15) is 29.8 Å². The van der Waals surface area contributed by atoms with Gasteiger partial charge in [0, 0.05) is 17.5 Å². The number of carbonyl (C=O) groups excluding carboxylic acids is 1. The molecule has 9 heteroatoms. The summed E-state index contributed by atoms with van der Waals surface area (Å²) in [7, 11) is 0. The first kappa shape index (κ1) is 21.6. The first-order valence-corrected chi connectivity index (χ1v) is 7.37. The van der Waals surface area contributed by atoms with E-state index in [1.165, 1.54) is 0 Å². The molecule has 0 N–H and O–H groups in total. The Morgan fingerprint density at radius 3 is 1.96 bits per heavy atom. The zero-order chi connectivity index (χ0) is 18.6. The van der Waals surface area contributed by atoms with E-state index in [9.17, 15) is 25.0 Å². The molecule has 0 heterocycles. The third-order valence-electron chi connectivity index (χ3n) is 3.68. The second-order valence-corrected chi connectivity index (χ2v) is 6.08. The number of carbonyl (C=O) groups is 1. The van der Waals surface area contributed by atoms with Gasteiger partial charge in [-0.25, -0.2) is 4.79 Å². The van der Waals surface area contributed by atoms with Crippen molar-refractivity contribution in [2.45, 2.75) is 19.3 Å². The normalized spacial score (nSPS) is 10.5. The Bertz CT molecular complexity index is 791. The summed E-state index contributed by atoms with van der Waals surface area (Å²) < 4.78 is 5.23. The van der Waals surface area contributed by atoms with Crippen LogP contribution in [0.2, 0.25) is 0 Å². The zero-order valence-corrected chi connectivity index (χ0v) is 18.4. The number of hydrogen-bond acceptors (Lipinski definition) is 6. The molecule has 0 atom stereocenters. The topological polar surface area (TPSA) is 113 Å². The predicted octanol–water partition coefficient (Wildman–Crippen LogP) is 2.72. The van der Waals surface area contributed by atoms with E-state index in [1.54, 1.807) is 0 Å². The fourth-order valence-electron chi connectivity index (χ4n) is 2.23. The maximum absolute atomic E-state index is 12.2. The summed E-state index contributed by atoms with van der Waals surface area (Å²) in [6.45, 7) is 3.78. The Morgan fingerprint density at radius 2 is 1.50 bits per heavy atom. The molecular weight excluding hydrogens is 447 g/mol. The number of hydrogen-bond donors (Lipinski definition) is 0. The minimum absolute atomic E-state index is 0. The van der Waals surface area contributed by atoms with Gasteiger partial charge in [0.05, 0.1) is 21.5 Å². The Labute approximate surface area is 166 Å². The van der Waals surface area contributed by atoms with E-state index < -0.39 is 32.6 Å². The standard InChI is InChI=1S/C17H16N2O6.Sn.2H/c1-17(2,13-6-4-3-5-7-13)11-25-16(20)12-8-14(18(21)22)10-15(9-12)19(23)24;;;/h3-10H,11H2,1-2H3;;;. The van der Waals surface area contributed by atoms with Gasteiger partial charge in [0.15, 0.2) is 0 Å². The molecule has 0 saturated carbocycles. The summed E-state index contributed by atoms with van der Waals surface area (Å²) in [5.41, 5.74) is -0.839. The zero-order valence-electron chi connectivity index (χ0n) is 14.4. The van der Waals surface area contributed by atoms with Crippen LogP contribution in [-0.2, 0) is 10.2 Å². The van der Waals surface area contributed by atoms with Crippen LogP contribution >= 0.6 is 0 Å². The molecule has 0 bridgehead atoms. The molecule has 136 valence electrons. The molecule has 0 aliphatic heterocycles. The number of rotatable bonds is 6. The molecule has 2 rings (SSSR count). The number of esters is 1. The molecular formula is C17H18N2O6Sn. The number of nitro groups is 2. The number of benzene rings is 2. The predicted molar refractivity (Wildman–Crippen MR) is 98.0 cm³/mol. The van der Waals surface area contributed by atoms with Gasteiger partial charge in [0.1, 0.15) is 6.61 Å². The summed E-state index contributed by atoms with van der Waals surface area (Å²) >= 11 is 0. The van der Waals surface area contributed by atoms with Gasteiger partial charge >= 0.3 is 29.9 Å². The van der Waals surface area contributed by atoms with Gasteiger partial charge < -0.3 is 4.74 Å². The van der Waals surface area contributed by atoms with Gasteiger partial charge in [-0.2, -0.15) is 0 Å². The first-order chi connectivity index (χ1) is 11.7. The average molecular weight is 465 g/mol. The molecule has 2 aromatic carbocycles. The summed E-state index contributed by atoms with van der Waals surface area (Å²) in [6, 6.07) is 12.1. The number of non-ortho nitro benzene ring substituents is 2. The third-order valence-corrected chi connectivity index (χ3v) is 3.68. The van der Waals surface area contributed by atoms with E-state index in [0.717, 1.165) is 23.8 Å². The SMILES string of the molecule is CC(C)(COC(=O)c1cc([N+](=O)[O-])cc([N+](=O)[O-])c1)c1ccccc1.[SnH2]. The average Bonchev–Trinajstić information content (AvgIpc) is 2.60. The van der Waals surface area contributed by atoms with E-state index in [2.05, 4.69) is 0 Å². The minimum atomic E-state index is -0.851. The van der Waals surface area contributed by atoms with Gasteiger partial charge in [0.25, 0.3) is 11.4 Å². The summed E-state index contributed by atoms with van der Waals surface area (Å²) in [5, 5.41) is 21.8. The second-order valence-electron chi connectivity index (χ2n) is 6.08. The van der Waals surface area contributed by atoms with Gasteiger partial charge in [-0.1, -0.05) is 44.2 Å². The van der Waals surface area contributed by atoms with Crippen LogP contribution in [-0.4, -0.2) is 46.3 Å². The van der Waals surface area contributed by atoms with Crippen molar-refractivity contribution in [3.63, 3.8) is 0 Å². The van der Waals surface area contributed by atoms with Crippen LogP contribution in [0.15, 0.2) is 48.5 Å². The molecule has 2 radical (unpaired) electrons. The van der Waals surface area contributed by atoms with E-state index in [0.29, 0.717) is 0 Å². The first-order valence-electron chi connectivity index (χ1n) is 7.37. The van der Waals surface area contributed by atoms with Gasteiger partial charge in [-0.15, -0.1) is 0 Å². The summed E-state index contributed by atoms with van der Waals surface area (Å²) in [6.07, 6.45) is 0. The van der Waals surface area contributed by atoms with Crippen molar-refractivity contribution in [1.29, 1.82) is 0 Å². The number of nitro benzene ring substituents is 2. The van der Waals surface area contributed by atoms with E-state index in [4.69, 9.17) is 4.74 Å². The summed E-state index contributed by atoms with van der Waals surface area (Å²) in [5.74, 6) is -0.851. The second kappa shape index (κ2) is 8.74. The van der Waals surface area contributed by atoms with Crippen LogP contribution in [0, 0.1) is 20.2 Å². The molecule has 26 heavy (non-hydrogen) atoms. The molecule has 0 aromatic heterocycles. The quantitative estimate of drug-likeness (QED) is 0.281. The molecule has 0 aliphatic rings. The molecule has 0 unspecified atom stereocenters. The van der Waals surface area contributed by atoms with Crippen molar-refractivity contribution in [1.82, 2.24) is 0 Å². The van der Waals surface area contributed by atoms with Crippen LogP contribution in [0.5, 0.6) is 0 Å². The van der Waals surface area contributed by atoms with Gasteiger partial charge in [-0.3, -0.25) is 20.2 Å². The Kier molecular flexibility index (Phi) is 7.25. The monoisotopic (exact) mass is 466 g/mol. The van der Waals surface area contributed by atoms with Crippen LogP contribution < -0.4 is 0 Å². The van der Waals surface area contributed by atoms with Crippen molar-refractivity contribution < 1.29 is 19.4 Å². The Morgan fingerprint density at radius 1 is 1.00 bits per heavy atom. The van der Waals surface area contributed by atoms with E-state index in [1.807, 2.05) is 44.2 Å². The van der Waals surface area contributed by atoms with Crippen LogP contribution in [0.4, 0.5) is 11.4 Å². The van der Waals surface area contributed by atoms with Gasteiger partial charge in [0.2, 0.25) is 0 Å². The van der Waals surface area contributed by atoms with Crippen molar-refractivity contribution >= 4 is 41.3 Å². The molecule has 2 aromatic rings. The van der Waals surface area contributed by atoms with Crippen molar-refractivity contribution in [2.75, 3.05) is 6.61 Å². The fourth-order valence-corrected chi connectivity index (χ4v) is 2.23. The number of ether oxygens (including phenoxy) is 1. The molecule has 0 saturated heterocycles. The van der Waals surface area contributed by atoms with E-state index in [-0.39, 0.29) is 36.1 Å². The summed E-state index contributed by atoms with van der Waals surface area (Å²) in [4.78, 5) is 32.4. The fraction of sp³-hybridized carbons (Fsp3) is 0.235. The molecule has 0 aliphatic carbocycles.